The van der Waals surface area contributed by atoms with Gasteiger partial charge < -0.3 is 28.8 Å². The zero-order valence-electron chi connectivity index (χ0n) is 26.4. The molecule has 6 rings (SSSR count). The largest absolute Gasteiger partial charge is 0.508 e. The van der Waals surface area contributed by atoms with Crippen LogP contribution in [0.1, 0.15) is 77.9 Å². The quantitative estimate of drug-likeness (QED) is 0.241. The SMILES string of the molecule is CC(=O)c1ccc(O)c(CC=C(C)C)c1.COc1cc2c(cc1OC)C1C(=O)c3ccc4c(c3OC1CO2)CC(C(C)C)O4. The van der Waals surface area contributed by atoms with Gasteiger partial charge in [0.25, 0.3) is 0 Å². The minimum atomic E-state index is -0.438. The number of rotatable bonds is 6. The van der Waals surface area contributed by atoms with Crippen molar-refractivity contribution in [3.05, 3.63) is 81.9 Å². The van der Waals surface area contributed by atoms with Crippen molar-refractivity contribution in [2.45, 2.75) is 65.6 Å². The van der Waals surface area contributed by atoms with Gasteiger partial charge in [0.1, 0.15) is 41.8 Å². The van der Waals surface area contributed by atoms with Gasteiger partial charge in [0, 0.05) is 29.2 Å². The van der Waals surface area contributed by atoms with Crippen LogP contribution in [-0.4, -0.2) is 49.7 Å². The van der Waals surface area contributed by atoms with Crippen LogP contribution >= 0.6 is 0 Å². The maximum absolute atomic E-state index is 13.5. The number of ketones is 2. The number of phenolic OH excluding ortho intramolecular Hbond substituents is 1. The number of hydrogen-bond donors (Lipinski definition) is 1. The van der Waals surface area contributed by atoms with Crippen molar-refractivity contribution in [2.24, 2.45) is 5.92 Å². The summed E-state index contributed by atoms with van der Waals surface area (Å²) in [6.07, 6.45) is 3.16. The van der Waals surface area contributed by atoms with E-state index in [0.29, 0.717) is 53.1 Å². The first-order valence-electron chi connectivity index (χ1n) is 14.9. The standard InChI is InChI=1S/C23H24O6.C13H16O2/c1-11(2)16-8-14-15(28-16)6-5-12-22(24)21-13-7-18(25-3)19(26-4)9-17(13)27-10-20(21)29-23(12)14;1-9(2)4-5-12-8-11(10(3)14)6-7-13(12)15/h5-7,9,11,16,20-21H,8,10H2,1-4H3;4,6-8,15H,5H2,1-3H3. The Morgan fingerprint density at radius 2 is 1.73 bits per heavy atom. The van der Waals surface area contributed by atoms with E-state index >= 15 is 0 Å². The highest BCUT2D eigenvalue weighted by Gasteiger charge is 2.45. The van der Waals surface area contributed by atoms with E-state index in [2.05, 4.69) is 13.8 Å². The van der Waals surface area contributed by atoms with Crippen LogP contribution < -0.4 is 23.7 Å². The number of carbonyl (C=O) groups excluding carboxylic acids is 2. The summed E-state index contributed by atoms with van der Waals surface area (Å²) in [6.45, 7) is 10.1. The molecule has 8 nitrogen and oxygen atoms in total. The summed E-state index contributed by atoms with van der Waals surface area (Å²) >= 11 is 0. The highest BCUT2D eigenvalue weighted by molar-refractivity contribution is 6.06. The van der Waals surface area contributed by atoms with Crippen LogP contribution in [-0.2, 0) is 12.8 Å². The van der Waals surface area contributed by atoms with Crippen molar-refractivity contribution in [3.63, 3.8) is 0 Å². The average Bonchev–Trinajstić information content (AvgIpc) is 3.45. The Kier molecular flexibility index (Phi) is 8.90. The monoisotopic (exact) mass is 600 g/mol. The number of benzene rings is 3. The third kappa shape index (κ3) is 5.98. The van der Waals surface area contributed by atoms with Gasteiger partial charge in [-0.1, -0.05) is 25.5 Å². The van der Waals surface area contributed by atoms with Gasteiger partial charge in [-0.05, 0) is 75.1 Å². The summed E-state index contributed by atoms with van der Waals surface area (Å²) in [5.74, 6) is 3.51. The highest BCUT2D eigenvalue weighted by Crippen LogP contribution is 2.50. The van der Waals surface area contributed by atoms with Crippen LogP contribution in [0.25, 0.3) is 0 Å². The summed E-state index contributed by atoms with van der Waals surface area (Å²) in [6, 6.07) is 12.3. The fourth-order valence-corrected chi connectivity index (χ4v) is 5.75. The molecule has 3 aromatic carbocycles. The van der Waals surface area contributed by atoms with Crippen LogP contribution in [0.15, 0.2) is 54.1 Å². The van der Waals surface area contributed by atoms with Gasteiger partial charge >= 0.3 is 0 Å². The van der Waals surface area contributed by atoms with Crippen LogP contribution in [0.5, 0.6) is 34.5 Å². The van der Waals surface area contributed by atoms with E-state index in [-0.39, 0.29) is 29.5 Å². The predicted molar refractivity (Wildman–Crippen MR) is 167 cm³/mol. The third-order valence-electron chi connectivity index (χ3n) is 8.30. The number of aromatic hydroxyl groups is 1. The summed E-state index contributed by atoms with van der Waals surface area (Å²) in [7, 11) is 3.16. The van der Waals surface area contributed by atoms with Crippen LogP contribution in [0.4, 0.5) is 0 Å². The lowest BCUT2D eigenvalue weighted by atomic mass is 9.81. The Labute approximate surface area is 258 Å². The van der Waals surface area contributed by atoms with Crippen molar-refractivity contribution in [2.75, 3.05) is 20.8 Å². The van der Waals surface area contributed by atoms with Crippen LogP contribution in [0.2, 0.25) is 0 Å². The second-order valence-electron chi connectivity index (χ2n) is 12.0. The van der Waals surface area contributed by atoms with Gasteiger partial charge in [0.2, 0.25) is 0 Å². The van der Waals surface area contributed by atoms with Crippen molar-refractivity contribution in [3.8, 4) is 34.5 Å². The van der Waals surface area contributed by atoms with E-state index in [4.69, 9.17) is 23.7 Å². The summed E-state index contributed by atoms with van der Waals surface area (Å²) in [5.41, 5.74) is 5.01. The summed E-state index contributed by atoms with van der Waals surface area (Å²) in [5, 5.41) is 9.59. The van der Waals surface area contributed by atoms with E-state index in [1.54, 1.807) is 38.5 Å². The Morgan fingerprint density at radius 1 is 1.00 bits per heavy atom. The van der Waals surface area contributed by atoms with Crippen LogP contribution in [0.3, 0.4) is 0 Å². The molecule has 0 aromatic heterocycles. The first kappa shape index (κ1) is 31.0. The Hall–Kier alpha value is -4.46. The molecule has 0 aliphatic carbocycles. The topological polar surface area (TPSA) is 101 Å². The number of phenols is 1. The lowest BCUT2D eigenvalue weighted by Gasteiger charge is -2.37. The number of allylic oxidation sites excluding steroid dienone is 2. The van der Waals surface area contributed by atoms with Crippen molar-refractivity contribution in [1.29, 1.82) is 0 Å². The molecule has 3 aromatic rings. The third-order valence-corrected chi connectivity index (χ3v) is 8.30. The van der Waals surface area contributed by atoms with Gasteiger partial charge in [-0.25, -0.2) is 0 Å². The molecule has 0 saturated heterocycles. The lowest BCUT2D eigenvalue weighted by molar-refractivity contribution is 0.0554. The molecule has 232 valence electrons. The number of ether oxygens (including phenoxy) is 5. The van der Waals surface area contributed by atoms with Gasteiger partial charge in [0.05, 0.1) is 25.7 Å². The first-order chi connectivity index (χ1) is 21.0. The molecule has 0 fully saturated rings. The number of fused-ring (bicyclic) bond motifs is 6. The molecular formula is C36H40O8. The smallest absolute Gasteiger partial charge is 0.178 e. The van der Waals surface area contributed by atoms with Crippen molar-refractivity contribution >= 4 is 11.6 Å². The number of hydrogen-bond acceptors (Lipinski definition) is 8. The van der Waals surface area contributed by atoms with E-state index in [1.807, 2.05) is 38.1 Å². The van der Waals surface area contributed by atoms with Crippen molar-refractivity contribution < 1.29 is 38.4 Å². The Bertz CT molecular complexity index is 1610. The summed E-state index contributed by atoms with van der Waals surface area (Å²) < 4.78 is 29.2. The molecule has 1 N–H and O–H groups in total. The molecule has 3 aliphatic rings. The average molecular weight is 601 g/mol. The minimum absolute atomic E-state index is 0.0217. The zero-order chi connectivity index (χ0) is 31.7. The number of methoxy groups -OCH3 is 2. The van der Waals surface area contributed by atoms with Gasteiger partial charge in [0.15, 0.2) is 23.1 Å². The van der Waals surface area contributed by atoms with Gasteiger partial charge in [-0.3, -0.25) is 9.59 Å². The van der Waals surface area contributed by atoms with E-state index in [9.17, 15) is 14.7 Å². The molecule has 0 radical (unpaired) electrons. The maximum atomic E-state index is 13.5. The fourth-order valence-electron chi connectivity index (χ4n) is 5.75. The fraction of sp³-hybridized carbons (Fsp3) is 0.389. The minimum Gasteiger partial charge on any atom is -0.508 e. The first-order valence-corrected chi connectivity index (χ1v) is 14.9. The second kappa shape index (κ2) is 12.6. The molecular weight excluding hydrogens is 560 g/mol. The molecule has 0 amide bonds. The molecule has 3 heterocycles. The van der Waals surface area contributed by atoms with Crippen molar-refractivity contribution in [1.82, 2.24) is 0 Å². The normalized spacial score (nSPS) is 19.0. The molecule has 3 aliphatic heterocycles. The molecule has 0 bridgehead atoms. The van der Waals surface area contributed by atoms with E-state index in [1.165, 1.54) is 12.5 Å². The molecule has 0 spiro atoms. The molecule has 8 heteroatoms. The van der Waals surface area contributed by atoms with Crippen LogP contribution in [0, 0.1) is 5.92 Å². The molecule has 3 unspecified atom stereocenters. The predicted octanol–water partition coefficient (Wildman–Crippen LogP) is 6.89. The Balaban J connectivity index is 0.000000217. The zero-order valence-corrected chi connectivity index (χ0v) is 26.4. The van der Waals surface area contributed by atoms with E-state index < -0.39 is 5.92 Å². The lowest BCUT2D eigenvalue weighted by Crippen LogP contribution is -2.43. The van der Waals surface area contributed by atoms with Gasteiger partial charge in [-0.2, -0.15) is 0 Å². The van der Waals surface area contributed by atoms with Gasteiger partial charge in [-0.15, -0.1) is 0 Å². The molecule has 3 atom stereocenters. The maximum Gasteiger partial charge on any atom is 0.178 e. The number of carbonyl (C=O) groups is 2. The molecule has 44 heavy (non-hydrogen) atoms. The Morgan fingerprint density at radius 3 is 2.39 bits per heavy atom. The van der Waals surface area contributed by atoms with E-state index in [0.717, 1.165) is 28.9 Å². The number of Topliss-reactive ketones (excluding diaryl/α,β-unsaturated/α-hetero) is 2. The molecule has 0 saturated carbocycles. The second-order valence-corrected chi connectivity index (χ2v) is 12.0. The highest BCUT2D eigenvalue weighted by atomic mass is 16.5. The summed E-state index contributed by atoms with van der Waals surface area (Å²) in [4.78, 5) is 24.7.